The van der Waals surface area contributed by atoms with Crippen LogP contribution in [0.1, 0.15) is 33.1 Å². The highest BCUT2D eigenvalue weighted by Crippen LogP contribution is 2.29. The van der Waals surface area contributed by atoms with Crippen LogP contribution in [0.3, 0.4) is 0 Å². The lowest BCUT2D eigenvalue weighted by molar-refractivity contribution is -0.124. The van der Waals surface area contributed by atoms with E-state index in [0.717, 1.165) is 12.8 Å². The molecule has 0 spiro atoms. The summed E-state index contributed by atoms with van der Waals surface area (Å²) in [4.78, 5) is 11.9. The Balaban J connectivity index is 1.82. The predicted molar refractivity (Wildman–Crippen MR) is 76.0 cm³/mol. The van der Waals surface area contributed by atoms with Gasteiger partial charge < -0.3 is 10.1 Å². The zero-order chi connectivity index (χ0) is 14.5. The normalized spacial score (nSPS) is 26.1. The fourth-order valence-corrected chi connectivity index (χ4v) is 2.74. The molecule has 1 aliphatic rings. The van der Waals surface area contributed by atoms with Gasteiger partial charge in [-0.15, -0.1) is 0 Å². The van der Waals surface area contributed by atoms with Crippen LogP contribution in [0.15, 0.2) is 24.3 Å². The monoisotopic (exact) mass is 279 g/mol. The Morgan fingerprint density at radius 1 is 1.35 bits per heavy atom. The molecule has 0 aliphatic heterocycles. The number of carbonyl (C=O) groups is 1. The molecule has 1 aromatic rings. The van der Waals surface area contributed by atoms with Gasteiger partial charge in [0.15, 0.2) is 18.2 Å². The van der Waals surface area contributed by atoms with Crippen LogP contribution < -0.4 is 10.1 Å². The van der Waals surface area contributed by atoms with Crippen molar-refractivity contribution in [2.75, 3.05) is 6.61 Å². The number of carbonyl (C=O) groups excluding carboxylic acids is 1. The fourth-order valence-electron chi connectivity index (χ4n) is 2.74. The van der Waals surface area contributed by atoms with Gasteiger partial charge in [0.1, 0.15) is 0 Å². The molecular weight excluding hydrogens is 257 g/mol. The lowest BCUT2D eigenvalue weighted by atomic mass is 9.78. The average molecular weight is 279 g/mol. The zero-order valence-electron chi connectivity index (χ0n) is 12.1. The number of hydrogen-bond acceptors (Lipinski definition) is 2. The molecule has 0 heterocycles. The summed E-state index contributed by atoms with van der Waals surface area (Å²) in [7, 11) is 0. The number of ether oxygens (including phenoxy) is 1. The average Bonchev–Trinajstić information content (AvgIpc) is 2.43. The second kappa shape index (κ2) is 6.73. The summed E-state index contributed by atoms with van der Waals surface area (Å²) in [6, 6.07) is 6.32. The molecule has 1 saturated carbocycles. The third-order valence-electron chi connectivity index (χ3n) is 4.25. The van der Waals surface area contributed by atoms with Crippen LogP contribution in [0.2, 0.25) is 0 Å². The molecule has 1 fully saturated rings. The molecular formula is C16H22FNO2. The molecule has 0 aromatic heterocycles. The highest BCUT2D eigenvalue weighted by Gasteiger charge is 2.28. The molecule has 3 atom stereocenters. The van der Waals surface area contributed by atoms with Crippen molar-refractivity contribution >= 4 is 5.91 Å². The highest BCUT2D eigenvalue weighted by molar-refractivity contribution is 5.77. The molecule has 3 unspecified atom stereocenters. The van der Waals surface area contributed by atoms with Gasteiger partial charge in [-0.25, -0.2) is 4.39 Å². The van der Waals surface area contributed by atoms with Crippen molar-refractivity contribution in [1.29, 1.82) is 0 Å². The van der Waals surface area contributed by atoms with Crippen molar-refractivity contribution in [2.24, 2.45) is 11.8 Å². The smallest absolute Gasteiger partial charge is 0.258 e. The SMILES string of the molecule is CC1CCCC(NC(=O)COc2ccccc2F)C1C. The standard InChI is InChI=1S/C16H22FNO2/c1-11-6-5-8-14(12(11)2)18-16(19)10-20-15-9-4-3-7-13(15)17/h3-4,7,9,11-12,14H,5-6,8,10H2,1-2H3,(H,18,19). The molecule has 1 amide bonds. The highest BCUT2D eigenvalue weighted by atomic mass is 19.1. The third-order valence-corrected chi connectivity index (χ3v) is 4.25. The lowest BCUT2D eigenvalue weighted by Crippen LogP contribution is -2.45. The van der Waals surface area contributed by atoms with Gasteiger partial charge in [0.2, 0.25) is 0 Å². The first-order valence-electron chi connectivity index (χ1n) is 7.24. The van der Waals surface area contributed by atoms with Gasteiger partial charge in [-0.05, 0) is 30.4 Å². The number of nitrogens with one attached hydrogen (secondary N) is 1. The van der Waals surface area contributed by atoms with E-state index in [0.29, 0.717) is 11.8 Å². The molecule has 1 N–H and O–H groups in total. The van der Waals surface area contributed by atoms with Crippen LogP contribution in [0.4, 0.5) is 4.39 Å². The van der Waals surface area contributed by atoms with Crippen molar-refractivity contribution < 1.29 is 13.9 Å². The Hall–Kier alpha value is -1.58. The number of amides is 1. The molecule has 1 aromatic carbocycles. The van der Waals surface area contributed by atoms with E-state index < -0.39 is 5.82 Å². The van der Waals surface area contributed by atoms with Gasteiger partial charge in [-0.1, -0.05) is 38.8 Å². The second-order valence-electron chi connectivity index (χ2n) is 5.66. The topological polar surface area (TPSA) is 38.3 Å². The van der Waals surface area contributed by atoms with Gasteiger partial charge >= 0.3 is 0 Å². The van der Waals surface area contributed by atoms with Crippen LogP contribution in [-0.4, -0.2) is 18.6 Å². The second-order valence-corrected chi connectivity index (χ2v) is 5.66. The number of para-hydroxylation sites is 1. The van der Waals surface area contributed by atoms with E-state index in [2.05, 4.69) is 19.2 Å². The van der Waals surface area contributed by atoms with Crippen LogP contribution in [0.5, 0.6) is 5.75 Å². The molecule has 0 radical (unpaired) electrons. The first kappa shape index (κ1) is 14.8. The maximum atomic E-state index is 13.4. The first-order chi connectivity index (χ1) is 9.58. The van der Waals surface area contributed by atoms with Gasteiger partial charge in [0.25, 0.3) is 5.91 Å². The fraction of sp³-hybridized carbons (Fsp3) is 0.562. The van der Waals surface area contributed by atoms with E-state index in [4.69, 9.17) is 4.74 Å². The molecule has 1 aliphatic carbocycles. The van der Waals surface area contributed by atoms with Crippen molar-refractivity contribution in [3.63, 3.8) is 0 Å². The molecule has 20 heavy (non-hydrogen) atoms. The molecule has 0 bridgehead atoms. The molecule has 0 saturated heterocycles. The van der Waals surface area contributed by atoms with Crippen molar-refractivity contribution in [3.05, 3.63) is 30.1 Å². The van der Waals surface area contributed by atoms with Crippen molar-refractivity contribution in [2.45, 2.75) is 39.2 Å². The quantitative estimate of drug-likeness (QED) is 0.919. The van der Waals surface area contributed by atoms with Crippen LogP contribution in [0, 0.1) is 17.7 Å². The van der Waals surface area contributed by atoms with E-state index in [1.54, 1.807) is 12.1 Å². The van der Waals surface area contributed by atoms with Gasteiger partial charge in [-0.3, -0.25) is 4.79 Å². The Kier molecular flexibility index (Phi) is 4.99. The van der Waals surface area contributed by atoms with Crippen molar-refractivity contribution in [1.82, 2.24) is 5.32 Å². The summed E-state index contributed by atoms with van der Waals surface area (Å²) in [5.74, 6) is 0.592. The Morgan fingerprint density at radius 3 is 2.85 bits per heavy atom. The number of halogens is 1. The Labute approximate surface area is 119 Å². The Morgan fingerprint density at radius 2 is 2.10 bits per heavy atom. The van der Waals surface area contributed by atoms with Crippen LogP contribution in [0.25, 0.3) is 0 Å². The molecule has 2 rings (SSSR count). The lowest BCUT2D eigenvalue weighted by Gasteiger charge is -2.34. The zero-order valence-corrected chi connectivity index (χ0v) is 12.1. The minimum absolute atomic E-state index is 0.118. The summed E-state index contributed by atoms with van der Waals surface area (Å²) in [6.07, 6.45) is 3.38. The maximum Gasteiger partial charge on any atom is 0.258 e. The summed E-state index contributed by atoms with van der Waals surface area (Å²) < 4.78 is 18.6. The predicted octanol–water partition coefficient (Wildman–Crippen LogP) is 3.15. The number of benzene rings is 1. The summed E-state index contributed by atoms with van der Waals surface area (Å²) >= 11 is 0. The summed E-state index contributed by atoms with van der Waals surface area (Å²) in [5, 5.41) is 3.00. The van der Waals surface area contributed by atoms with Crippen molar-refractivity contribution in [3.8, 4) is 5.75 Å². The van der Waals surface area contributed by atoms with E-state index in [-0.39, 0.29) is 24.3 Å². The molecule has 4 heteroatoms. The molecule has 3 nitrogen and oxygen atoms in total. The number of rotatable bonds is 4. The van der Waals surface area contributed by atoms with Gasteiger partial charge in [0.05, 0.1) is 0 Å². The molecule has 110 valence electrons. The van der Waals surface area contributed by atoms with Crippen LogP contribution >= 0.6 is 0 Å². The van der Waals surface area contributed by atoms with Crippen LogP contribution in [-0.2, 0) is 4.79 Å². The van der Waals surface area contributed by atoms with Gasteiger partial charge in [0, 0.05) is 6.04 Å². The summed E-state index contributed by atoms with van der Waals surface area (Å²) in [5.41, 5.74) is 0. The van der Waals surface area contributed by atoms with E-state index in [9.17, 15) is 9.18 Å². The minimum Gasteiger partial charge on any atom is -0.481 e. The largest absolute Gasteiger partial charge is 0.481 e. The first-order valence-corrected chi connectivity index (χ1v) is 7.24. The van der Waals surface area contributed by atoms with E-state index in [1.807, 2.05) is 0 Å². The van der Waals surface area contributed by atoms with E-state index >= 15 is 0 Å². The van der Waals surface area contributed by atoms with Gasteiger partial charge in [-0.2, -0.15) is 0 Å². The minimum atomic E-state index is -0.444. The number of hydrogen-bond donors (Lipinski definition) is 1. The maximum absolute atomic E-state index is 13.4. The summed E-state index contributed by atoms with van der Waals surface area (Å²) in [6.45, 7) is 4.25. The Bertz CT molecular complexity index is 464. The van der Waals surface area contributed by atoms with E-state index in [1.165, 1.54) is 18.6 Å². The third kappa shape index (κ3) is 3.71.